The number of methoxy groups -OCH3 is 1. The number of carbonyl (C=O) groups excluding carboxylic acids is 1. The van der Waals surface area contributed by atoms with Crippen LogP contribution in [0.15, 0.2) is 48.5 Å². The van der Waals surface area contributed by atoms with Gasteiger partial charge in [-0.3, -0.25) is 4.79 Å². The molecule has 0 radical (unpaired) electrons. The number of hydrogen-bond donors (Lipinski definition) is 1. The van der Waals surface area contributed by atoms with Gasteiger partial charge < -0.3 is 10.1 Å². The zero-order valence-electron chi connectivity index (χ0n) is 14.6. The molecule has 134 valence electrons. The number of aromatic nitrogens is 3. The minimum atomic E-state index is -0.321. The molecule has 0 aliphatic heterocycles. The van der Waals surface area contributed by atoms with Crippen LogP contribution in [-0.2, 0) is 17.9 Å². The van der Waals surface area contributed by atoms with Crippen molar-refractivity contribution in [2.24, 2.45) is 0 Å². The molecule has 26 heavy (non-hydrogen) atoms. The first-order chi connectivity index (χ1) is 12.6. The van der Waals surface area contributed by atoms with Crippen molar-refractivity contribution in [3.05, 3.63) is 76.3 Å². The van der Waals surface area contributed by atoms with Crippen LogP contribution in [-0.4, -0.2) is 27.8 Å². The average molecular weight is 371 g/mol. The zero-order chi connectivity index (χ0) is 18.5. The van der Waals surface area contributed by atoms with E-state index in [1.807, 2.05) is 36.4 Å². The summed E-state index contributed by atoms with van der Waals surface area (Å²) in [4.78, 5) is 16.6. The van der Waals surface area contributed by atoms with Crippen LogP contribution in [0.1, 0.15) is 27.6 Å². The van der Waals surface area contributed by atoms with Gasteiger partial charge in [0.1, 0.15) is 5.82 Å². The van der Waals surface area contributed by atoms with Crippen molar-refractivity contribution >= 4 is 17.5 Å². The maximum atomic E-state index is 12.4. The largest absolute Gasteiger partial charge is 0.380 e. The number of benzene rings is 2. The molecular formula is C19H19ClN4O2. The summed E-state index contributed by atoms with van der Waals surface area (Å²) in [7, 11) is 1.65. The third kappa shape index (κ3) is 4.28. The highest BCUT2D eigenvalue weighted by molar-refractivity contribution is 6.30. The molecular weight excluding hydrogens is 352 g/mol. The second kappa shape index (κ2) is 8.12. The molecule has 6 nitrogen and oxygen atoms in total. The van der Waals surface area contributed by atoms with Gasteiger partial charge >= 0.3 is 0 Å². The van der Waals surface area contributed by atoms with E-state index in [0.717, 1.165) is 16.8 Å². The van der Waals surface area contributed by atoms with E-state index in [0.29, 0.717) is 24.0 Å². The Morgan fingerprint density at radius 2 is 1.92 bits per heavy atom. The van der Waals surface area contributed by atoms with E-state index >= 15 is 0 Å². The smallest absolute Gasteiger partial charge is 0.291 e. The van der Waals surface area contributed by atoms with Crippen LogP contribution in [0.5, 0.6) is 0 Å². The molecule has 0 bridgehead atoms. The Kier molecular flexibility index (Phi) is 5.65. The van der Waals surface area contributed by atoms with Gasteiger partial charge in [-0.1, -0.05) is 35.9 Å². The minimum Gasteiger partial charge on any atom is -0.380 e. The van der Waals surface area contributed by atoms with Crippen molar-refractivity contribution in [1.82, 2.24) is 20.1 Å². The molecule has 0 fully saturated rings. The van der Waals surface area contributed by atoms with E-state index in [1.54, 1.807) is 30.8 Å². The fourth-order valence-electron chi connectivity index (χ4n) is 2.57. The number of aryl methyl sites for hydroxylation is 1. The molecule has 0 unspecified atom stereocenters. The number of amides is 1. The topological polar surface area (TPSA) is 69.0 Å². The standard InChI is InChI=1S/C19H19ClN4O2/c1-13-22-18(23-24(13)17-8-6-16(20)7-9-17)19(25)21-11-14-4-3-5-15(10-14)12-26-2/h3-10H,11-12H2,1-2H3,(H,21,25). The van der Waals surface area contributed by atoms with Gasteiger partial charge in [0.2, 0.25) is 5.82 Å². The van der Waals surface area contributed by atoms with E-state index in [-0.39, 0.29) is 11.7 Å². The van der Waals surface area contributed by atoms with Crippen molar-refractivity contribution < 1.29 is 9.53 Å². The van der Waals surface area contributed by atoms with Gasteiger partial charge in [-0.2, -0.15) is 0 Å². The molecule has 0 spiro atoms. The van der Waals surface area contributed by atoms with Crippen LogP contribution in [0.2, 0.25) is 5.02 Å². The molecule has 0 saturated carbocycles. The maximum Gasteiger partial charge on any atom is 0.291 e. The van der Waals surface area contributed by atoms with Gasteiger partial charge in [-0.15, -0.1) is 5.10 Å². The van der Waals surface area contributed by atoms with Crippen molar-refractivity contribution in [3.63, 3.8) is 0 Å². The summed E-state index contributed by atoms with van der Waals surface area (Å²) in [5.41, 5.74) is 2.84. The quantitative estimate of drug-likeness (QED) is 0.722. The van der Waals surface area contributed by atoms with Crippen molar-refractivity contribution in [1.29, 1.82) is 0 Å². The highest BCUT2D eigenvalue weighted by atomic mass is 35.5. The fourth-order valence-corrected chi connectivity index (χ4v) is 2.70. The minimum absolute atomic E-state index is 0.130. The van der Waals surface area contributed by atoms with Crippen LogP contribution in [0.4, 0.5) is 0 Å². The lowest BCUT2D eigenvalue weighted by Gasteiger charge is -2.05. The number of rotatable bonds is 6. The van der Waals surface area contributed by atoms with E-state index in [2.05, 4.69) is 15.4 Å². The highest BCUT2D eigenvalue weighted by Crippen LogP contribution is 2.14. The first-order valence-corrected chi connectivity index (χ1v) is 8.49. The van der Waals surface area contributed by atoms with Crippen LogP contribution in [0, 0.1) is 6.92 Å². The number of carbonyl (C=O) groups is 1. The lowest BCUT2D eigenvalue weighted by atomic mass is 10.1. The summed E-state index contributed by atoms with van der Waals surface area (Å²) in [5, 5.41) is 7.78. The second-order valence-corrected chi connectivity index (χ2v) is 6.24. The molecule has 1 amide bonds. The van der Waals surface area contributed by atoms with Crippen LogP contribution >= 0.6 is 11.6 Å². The van der Waals surface area contributed by atoms with Crippen LogP contribution < -0.4 is 5.32 Å². The summed E-state index contributed by atoms with van der Waals surface area (Å²) in [5.74, 6) is 0.433. The normalized spacial score (nSPS) is 10.7. The fraction of sp³-hybridized carbons (Fsp3) is 0.211. The summed E-state index contributed by atoms with van der Waals surface area (Å²) >= 11 is 5.91. The SMILES string of the molecule is COCc1cccc(CNC(=O)c2nc(C)n(-c3ccc(Cl)cc3)n2)c1. The third-order valence-electron chi connectivity index (χ3n) is 3.80. The monoisotopic (exact) mass is 370 g/mol. The van der Waals surface area contributed by atoms with Crippen molar-refractivity contribution in [2.75, 3.05) is 7.11 Å². The molecule has 7 heteroatoms. The van der Waals surface area contributed by atoms with Gasteiger partial charge in [0.15, 0.2) is 0 Å². The van der Waals surface area contributed by atoms with Gasteiger partial charge in [0.25, 0.3) is 5.91 Å². The molecule has 0 aliphatic carbocycles. The summed E-state index contributed by atoms with van der Waals surface area (Å²) in [6.45, 7) is 2.73. The molecule has 1 aromatic heterocycles. The van der Waals surface area contributed by atoms with E-state index in [4.69, 9.17) is 16.3 Å². The zero-order valence-corrected chi connectivity index (χ0v) is 15.3. The molecule has 2 aromatic carbocycles. The Morgan fingerprint density at radius 3 is 2.65 bits per heavy atom. The Hall–Kier alpha value is -2.70. The van der Waals surface area contributed by atoms with Crippen molar-refractivity contribution in [3.8, 4) is 5.69 Å². The van der Waals surface area contributed by atoms with Crippen molar-refractivity contribution in [2.45, 2.75) is 20.1 Å². The molecule has 0 atom stereocenters. The maximum absolute atomic E-state index is 12.4. The van der Waals surface area contributed by atoms with E-state index in [9.17, 15) is 4.79 Å². The number of halogens is 1. The second-order valence-electron chi connectivity index (χ2n) is 5.81. The van der Waals surface area contributed by atoms with Crippen LogP contribution in [0.25, 0.3) is 5.69 Å². The molecule has 0 aliphatic rings. The first-order valence-electron chi connectivity index (χ1n) is 8.11. The van der Waals surface area contributed by atoms with Gasteiger partial charge in [0, 0.05) is 18.7 Å². The number of nitrogens with zero attached hydrogens (tertiary/aromatic N) is 3. The number of nitrogens with one attached hydrogen (secondary N) is 1. The third-order valence-corrected chi connectivity index (χ3v) is 4.05. The predicted octanol–water partition coefficient (Wildman–Crippen LogP) is 3.31. The Bertz CT molecular complexity index is 906. The summed E-state index contributed by atoms with van der Waals surface area (Å²) < 4.78 is 6.74. The molecule has 1 heterocycles. The van der Waals surface area contributed by atoms with E-state index in [1.165, 1.54) is 0 Å². The lowest BCUT2D eigenvalue weighted by molar-refractivity contribution is 0.0940. The molecule has 3 rings (SSSR count). The molecule has 0 saturated heterocycles. The Morgan fingerprint density at radius 1 is 1.19 bits per heavy atom. The lowest BCUT2D eigenvalue weighted by Crippen LogP contribution is -2.24. The van der Waals surface area contributed by atoms with E-state index < -0.39 is 0 Å². The van der Waals surface area contributed by atoms with Gasteiger partial charge in [-0.05, 0) is 42.3 Å². The Labute approximate surface area is 156 Å². The summed E-state index contributed by atoms with van der Waals surface area (Å²) in [6.07, 6.45) is 0. The van der Waals surface area contributed by atoms with Gasteiger partial charge in [-0.25, -0.2) is 9.67 Å². The predicted molar refractivity (Wildman–Crippen MR) is 99.4 cm³/mol. The number of ether oxygens (including phenoxy) is 1. The van der Waals surface area contributed by atoms with Gasteiger partial charge in [0.05, 0.1) is 12.3 Å². The highest BCUT2D eigenvalue weighted by Gasteiger charge is 2.15. The Balaban J connectivity index is 1.70. The average Bonchev–Trinajstić information content (AvgIpc) is 3.03. The number of hydrogen-bond acceptors (Lipinski definition) is 4. The molecule has 1 N–H and O–H groups in total. The first kappa shape index (κ1) is 18.1. The molecule has 3 aromatic rings. The summed E-state index contributed by atoms with van der Waals surface area (Å²) in [6, 6.07) is 15.1. The van der Waals surface area contributed by atoms with Crippen LogP contribution in [0.3, 0.4) is 0 Å².